The van der Waals surface area contributed by atoms with Crippen molar-refractivity contribution in [1.82, 2.24) is 15.3 Å². The Bertz CT molecular complexity index is 267. The van der Waals surface area contributed by atoms with E-state index < -0.39 is 0 Å². The summed E-state index contributed by atoms with van der Waals surface area (Å²) < 4.78 is 0. The van der Waals surface area contributed by atoms with E-state index in [4.69, 9.17) is 0 Å². The molecule has 3 heteroatoms. The van der Waals surface area contributed by atoms with Gasteiger partial charge in [0.2, 0.25) is 0 Å². The van der Waals surface area contributed by atoms with E-state index in [9.17, 15) is 0 Å². The molecule has 1 saturated carbocycles. The molecule has 0 atom stereocenters. The van der Waals surface area contributed by atoms with Crippen molar-refractivity contribution in [3.8, 4) is 0 Å². The van der Waals surface area contributed by atoms with Crippen LogP contribution in [0.3, 0.4) is 0 Å². The second-order valence-corrected chi connectivity index (χ2v) is 3.74. The Balaban J connectivity index is 2.22. The third kappa shape index (κ3) is 1.44. The van der Waals surface area contributed by atoms with Crippen molar-refractivity contribution in [3.63, 3.8) is 0 Å². The van der Waals surface area contributed by atoms with E-state index in [1.165, 1.54) is 19.3 Å². The third-order valence-electron chi connectivity index (χ3n) is 2.87. The molecule has 1 aliphatic carbocycles. The average molecular weight is 177 g/mol. The standard InChI is InChI=1S/C10H15N3/c1-11-8-10(4-2-5-10)9-12-6-3-7-13-9/h3,6-7,11H,2,4-5,8H2,1H3. The lowest BCUT2D eigenvalue weighted by Gasteiger charge is -2.40. The highest BCUT2D eigenvalue weighted by Gasteiger charge is 2.40. The van der Waals surface area contributed by atoms with Crippen molar-refractivity contribution in [2.24, 2.45) is 0 Å². The molecule has 0 aliphatic heterocycles. The Morgan fingerprint density at radius 2 is 2.08 bits per heavy atom. The molecule has 1 fully saturated rings. The second kappa shape index (κ2) is 3.42. The van der Waals surface area contributed by atoms with Gasteiger partial charge in [-0.2, -0.15) is 0 Å². The van der Waals surface area contributed by atoms with E-state index in [-0.39, 0.29) is 5.41 Å². The van der Waals surface area contributed by atoms with Gasteiger partial charge in [0.1, 0.15) is 5.82 Å². The molecule has 1 aromatic heterocycles. The predicted molar refractivity (Wildman–Crippen MR) is 51.5 cm³/mol. The lowest BCUT2D eigenvalue weighted by Crippen LogP contribution is -2.44. The van der Waals surface area contributed by atoms with Crippen LogP contribution in [0.2, 0.25) is 0 Å². The van der Waals surface area contributed by atoms with Gasteiger partial charge >= 0.3 is 0 Å². The van der Waals surface area contributed by atoms with E-state index in [1.807, 2.05) is 25.5 Å². The summed E-state index contributed by atoms with van der Waals surface area (Å²) in [5.74, 6) is 1.01. The first-order valence-electron chi connectivity index (χ1n) is 4.79. The fraction of sp³-hybridized carbons (Fsp3) is 0.600. The summed E-state index contributed by atoms with van der Waals surface area (Å²) in [6, 6.07) is 1.87. The zero-order valence-corrected chi connectivity index (χ0v) is 7.95. The smallest absolute Gasteiger partial charge is 0.135 e. The van der Waals surface area contributed by atoms with Crippen molar-refractivity contribution in [2.45, 2.75) is 24.7 Å². The number of aromatic nitrogens is 2. The monoisotopic (exact) mass is 177 g/mol. The molecule has 1 aromatic rings. The minimum Gasteiger partial charge on any atom is -0.319 e. The third-order valence-corrected chi connectivity index (χ3v) is 2.87. The molecule has 0 unspecified atom stereocenters. The van der Waals surface area contributed by atoms with Crippen molar-refractivity contribution in [3.05, 3.63) is 24.3 Å². The number of hydrogen-bond donors (Lipinski definition) is 1. The Hall–Kier alpha value is -0.960. The summed E-state index contributed by atoms with van der Waals surface area (Å²) in [6.45, 7) is 0.997. The molecule has 0 bridgehead atoms. The average Bonchev–Trinajstić information content (AvgIpc) is 2.13. The summed E-state index contributed by atoms with van der Waals surface area (Å²) in [5, 5.41) is 3.23. The lowest BCUT2D eigenvalue weighted by molar-refractivity contribution is 0.224. The van der Waals surface area contributed by atoms with Crippen molar-refractivity contribution in [2.75, 3.05) is 13.6 Å². The minimum atomic E-state index is 0.232. The van der Waals surface area contributed by atoms with E-state index in [0.29, 0.717) is 0 Å². The molecule has 1 N–H and O–H groups in total. The first-order chi connectivity index (χ1) is 6.37. The lowest BCUT2D eigenvalue weighted by atomic mass is 9.68. The molecule has 1 aliphatic rings. The van der Waals surface area contributed by atoms with E-state index in [1.54, 1.807) is 0 Å². The highest BCUT2D eigenvalue weighted by molar-refractivity contribution is 5.13. The van der Waals surface area contributed by atoms with Crippen LogP contribution in [0.15, 0.2) is 18.5 Å². The number of rotatable bonds is 3. The molecule has 0 radical (unpaired) electrons. The fourth-order valence-electron chi connectivity index (χ4n) is 1.99. The van der Waals surface area contributed by atoms with Crippen LogP contribution in [-0.4, -0.2) is 23.6 Å². The van der Waals surface area contributed by atoms with Crippen LogP contribution in [0.4, 0.5) is 0 Å². The van der Waals surface area contributed by atoms with Gasteiger partial charge in [0.15, 0.2) is 0 Å². The molecule has 1 heterocycles. The van der Waals surface area contributed by atoms with Gasteiger partial charge in [0.25, 0.3) is 0 Å². The van der Waals surface area contributed by atoms with Crippen LogP contribution >= 0.6 is 0 Å². The first-order valence-corrected chi connectivity index (χ1v) is 4.79. The van der Waals surface area contributed by atoms with Crippen LogP contribution in [0, 0.1) is 0 Å². The van der Waals surface area contributed by atoms with Gasteiger partial charge in [-0.25, -0.2) is 9.97 Å². The van der Waals surface area contributed by atoms with Crippen molar-refractivity contribution < 1.29 is 0 Å². The first kappa shape index (κ1) is 8.63. The number of nitrogens with one attached hydrogen (secondary N) is 1. The molecule has 13 heavy (non-hydrogen) atoms. The largest absolute Gasteiger partial charge is 0.319 e. The highest BCUT2D eigenvalue weighted by Crippen LogP contribution is 2.41. The maximum atomic E-state index is 4.34. The zero-order chi connectivity index (χ0) is 9.15. The van der Waals surface area contributed by atoms with Crippen LogP contribution in [0.5, 0.6) is 0 Å². The summed E-state index contributed by atoms with van der Waals surface area (Å²) in [6.07, 6.45) is 7.41. The van der Waals surface area contributed by atoms with Gasteiger partial charge in [-0.1, -0.05) is 6.42 Å². The molecule has 0 aromatic carbocycles. The normalized spacial score (nSPS) is 19.5. The molecule has 2 rings (SSSR count). The summed E-state index contributed by atoms with van der Waals surface area (Å²) >= 11 is 0. The molecule has 3 nitrogen and oxygen atoms in total. The van der Waals surface area contributed by atoms with Crippen molar-refractivity contribution >= 4 is 0 Å². The minimum absolute atomic E-state index is 0.232. The van der Waals surface area contributed by atoms with Gasteiger partial charge in [0, 0.05) is 24.4 Å². The van der Waals surface area contributed by atoms with E-state index in [2.05, 4.69) is 15.3 Å². The second-order valence-electron chi connectivity index (χ2n) is 3.74. The number of hydrogen-bond acceptors (Lipinski definition) is 3. The summed E-state index contributed by atoms with van der Waals surface area (Å²) in [5.41, 5.74) is 0.232. The predicted octanol–water partition coefficient (Wildman–Crippen LogP) is 1.12. The SMILES string of the molecule is CNCC1(c2ncccn2)CCC1. The maximum absolute atomic E-state index is 4.34. The number of likely N-dealkylation sites (N-methyl/N-ethyl adjacent to an activating group) is 1. The van der Waals surface area contributed by atoms with Crippen LogP contribution in [0.1, 0.15) is 25.1 Å². The number of nitrogens with zero attached hydrogens (tertiary/aromatic N) is 2. The maximum Gasteiger partial charge on any atom is 0.135 e. The Kier molecular flexibility index (Phi) is 2.27. The Morgan fingerprint density at radius 3 is 2.54 bits per heavy atom. The van der Waals surface area contributed by atoms with Crippen molar-refractivity contribution in [1.29, 1.82) is 0 Å². The summed E-state index contributed by atoms with van der Waals surface area (Å²) in [4.78, 5) is 8.68. The van der Waals surface area contributed by atoms with Gasteiger partial charge in [-0.3, -0.25) is 0 Å². The zero-order valence-electron chi connectivity index (χ0n) is 7.95. The quantitative estimate of drug-likeness (QED) is 0.751. The fourth-order valence-corrected chi connectivity index (χ4v) is 1.99. The molecular weight excluding hydrogens is 162 g/mol. The molecule has 0 saturated heterocycles. The molecule has 0 amide bonds. The van der Waals surface area contributed by atoms with E-state index in [0.717, 1.165) is 12.4 Å². The van der Waals surface area contributed by atoms with Gasteiger partial charge in [-0.15, -0.1) is 0 Å². The van der Waals surface area contributed by atoms with Gasteiger partial charge in [0.05, 0.1) is 0 Å². The van der Waals surface area contributed by atoms with Gasteiger partial charge in [-0.05, 0) is 26.0 Å². The molecule has 0 spiro atoms. The van der Waals surface area contributed by atoms with E-state index >= 15 is 0 Å². The van der Waals surface area contributed by atoms with Crippen LogP contribution in [-0.2, 0) is 5.41 Å². The highest BCUT2D eigenvalue weighted by atomic mass is 14.9. The van der Waals surface area contributed by atoms with Crippen LogP contribution in [0.25, 0.3) is 0 Å². The van der Waals surface area contributed by atoms with Gasteiger partial charge < -0.3 is 5.32 Å². The van der Waals surface area contributed by atoms with Crippen LogP contribution < -0.4 is 5.32 Å². The summed E-state index contributed by atoms with van der Waals surface area (Å²) in [7, 11) is 1.99. The Labute approximate surface area is 78.6 Å². The topological polar surface area (TPSA) is 37.8 Å². The molecular formula is C10H15N3. The molecule has 70 valence electrons. The Morgan fingerprint density at radius 1 is 1.38 bits per heavy atom.